The summed E-state index contributed by atoms with van der Waals surface area (Å²) in [6.07, 6.45) is 2.42. The number of aryl methyl sites for hydroxylation is 1. The number of nitrogens with one attached hydrogen (secondary N) is 2. The maximum atomic E-state index is 6.30. The lowest BCUT2D eigenvalue weighted by Crippen LogP contribution is -2.14. The van der Waals surface area contributed by atoms with Crippen molar-refractivity contribution < 1.29 is 0 Å². The van der Waals surface area contributed by atoms with Gasteiger partial charge in [-0.25, -0.2) is 4.98 Å². The maximum Gasteiger partial charge on any atom is 0.225 e. The molecule has 1 aromatic carbocycles. The number of hydrogen-bond donors (Lipinski definition) is 2. The number of halogens is 1. The van der Waals surface area contributed by atoms with E-state index in [-0.39, 0.29) is 0 Å². The highest BCUT2D eigenvalue weighted by Crippen LogP contribution is 2.40. The highest BCUT2D eigenvalue weighted by atomic mass is 35.5. The highest BCUT2D eigenvalue weighted by Gasteiger charge is 2.26. The van der Waals surface area contributed by atoms with Crippen molar-refractivity contribution >= 4 is 29.1 Å². The number of aromatic nitrogens is 2. The van der Waals surface area contributed by atoms with Crippen LogP contribution in [0, 0.1) is 6.92 Å². The van der Waals surface area contributed by atoms with Crippen LogP contribution in [0.2, 0.25) is 5.02 Å². The van der Waals surface area contributed by atoms with Crippen LogP contribution in [-0.2, 0) is 0 Å². The zero-order valence-electron chi connectivity index (χ0n) is 13.2. The summed E-state index contributed by atoms with van der Waals surface area (Å²) in [4.78, 5) is 9.20. The van der Waals surface area contributed by atoms with Crippen molar-refractivity contribution in [3.05, 3.63) is 40.5 Å². The summed E-state index contributed by atoms with van der Waals surface area (Å²) >= 11 is 6.30. The van der Waals surface area contributed by atoms with E-state index >= 15 is 0 Å². The molecule has 2 N–H and O–H groups in total. The fraction of sp³-hybridized carbons (Fsp3) is 0.412. The fourth-order valence-electron chi connectivity index (χ4n) is 2.36. The number of nitrogens with zero attached hydrogens (tertiary/aromatic N) is 2. The highest BCUT2D eigenvalue weighted by molar-refractivity contribution is 6.33. The first kappa shape index (κ1) is 15.1. The molecule has 0 atom stereocenters. The van der Waals surface area contributed by atoms with E-state index in [9.17, 15) is 0 Å². The standard InChI is InChI=1S/C17H21ClN4/c1-10(2)19-17-20-14(12-7-8-12)9-15(22-17)21-16-11(3)5-4-6-13(16)18/h4-6,9-10,12H,7-8H2,1-3H3,(H2,19,20,21,22). The molecule has 0 unspecified atom stereocenters. The van der Waals surface area contributed by atoms with E-state index in [1.807, 2.05) is 31.2 Å². The average Bonchev–Trinajstić information content (AvgIpc) is 3.26. The van der Waals surface area contributed by atoms with Gasteiger partial charge in [0.25, 0.3) is 0 Å². The Balaban J connectivity index is 1.93. The Labute approximate surface area is 136 Å². The maximum absolute atomic E-state index is 6.30. The molecule has 0 saturated heterocycles. The molecule has 1 aliphatic carbocycles. The Morgan fingerprint density at radius 2 is 2.00 bits per heavy atom. The van der Waals surface area contributed by atoms with E-state index in [0.717, 1.165) is 22.8 Å². The predicted molar refractivity (Wildman–Crippen MR) is 92.2 cm³/mol. The lowest BCUT2D eigenvalue weighted by atomic mass is 10.2. The molecule has 0 aliphatic heterocycles. The van der Waals surface area contributed by atoms with Gasteiger partial charge in [0.15, 0.2) is 0 Å². The average molecular weight is 317 g/mol. The largest absolute Gasteiger partial charge is 0.352 e. The summed E-state index contributed by atoms with van der Waals surface area (Å²) in [7, 11) is 0. The molecular weight excluding hydrogens is 296 g/mol. The van der Waals surface area contributed by atoms with Crippen LogP contribution >= 0.6 is 11.6 Å². The van der Waals surface area contributed by atoms with Gasteiger partial charge >= 0.3 is 0 Å². The summed E-state index contributed by atoms with van der Waals surface area (Å²) in [6.45, 7) is 6.20. The van der Waals surface area contributed by atoms with Crippen molar-refractivity contribution in [2.75, 3.05) is 10.6 Å². The minimum absolute atomic E-state index is 0.296. The SMILES string of the molecule is Cc1cccc(Cl)c1Nc1cc(C2CC2)nc(NC(C)C)n1. The van der Waals surface area contributed by atoms with Gasteiger partial charge in [-0.1, -0.05) is 23.7 Å². The van der Waals surface area contributed by atoms with E-state index in [2.05, 4.69) is 34.4 Å². The molecule has 0 radical (unpaired) electrons. The van der Waals surface area contributed by atoms with Crippen LogP contribution < -0.4 is 10.6 Å². The number of hydrogen-bond acceptors (Lipinski definition) is 4. The molecule has 4 nitrogen and oxygen atoms in total. The molecule has 0 bridgehead atoms. The molecular formula is C17H21ClN4. The molecule has 2 aromatic rings. The molecule has 1 saturated carbocycles. The molecule has 116 valence electrons. The summed E-state index contributed by atoms with van der Waals surface area (Å²) in [5.41, 5.74) is 3.10. The minimum atomic E-state index is 0.296. The second-order valence-corrected chi connectivity index (χ2v) is 6.54. The van der Waals surface area contributed by atoms with Crippen LogP contribution in [0.3, 0.4) is 0 Å². The zero-order chi connectivity index (χ0) is 15.7. The molecule has 1 aliphatic rings. The van der Waals surface area contributed by atoms with Gasteiger partial charge in [0.2, 0.25) is 5.95 Å². The van der Waals surface area contributed by atoms with Crippen molar-refractivity contribution in [2.24, 2.45) is 0 Å². The lowest BCUT2D eigenvalue weighted by Gasteiger charge is -2.14. The molecule has 1 fully saturated rings. The number of benzene rings is 1. The van der Waals surface area contributed by atoms with Gasteiger partial charge in [0.05, 0.1) is 16.4 Å². The third-order valence-electron chi connectivity index (χ3n) is 3.63. The fourth-order valence-corrected chi connectivity index (χ4v) is 2.63. The first-order valence-electron chi connectivity index (χ1n) is 7.70. The Morgan fingerprint density at radius 3 is 2.64 bits per heavy atom. The van der Waals surface area contributed by atoms with Gasteiger partial charge in [-0.2, -0.15) is 4.98 Å². The summed E-state index contributed by atoms with van der Waals surface area (Å²) in [5, 5.41) is 7.34. The van der Waals surface area contributed by atoms with Crippen molar-refractivity contribution in [1.29, 1.82) is 0 Å². The molecule has 3 rings (SSSR count). The van der Waals surface area contributed by atoms with Crippen molar-refractivity contribution in [1.82, 2.24) is 9.97 Å². The Hall–Kier alpha value is -1.81. The summed E-state index contributed by atoms with van der Waals surface area (Å²) < 4.78 is 0. The van der Waals surface area contributed by atoms with Crippen LogP contribution in [0.5, 0.6) is 0 Å². The summed E-state index contributed by atoms with van der Waals surface area (Å²) in [6, 6.07) is 8.19. The predicted octanol–water partition coefficient (Wildman–Crippen LogP) is 4.88. The van der Waals surface area contributed by atoms with Gasteiger partial charge in [0.1, 0.15) is 5.82 Å². The Bertz CT molecular complexity index is 660. The summed E-state index contributed by atoms with van der Waals surface area (Å²) in [5.74, 6) is 2.03. The second-order valence-electron chi connectivity index (χ2n) is 6.13. The van der Waals surface area contributed by atoms with Gasteiger partial charge in [0, 0.05) is 18.0 Å². The molecule has 1 aromatic heterocycles. The normalized spacial score (nSPS) is 14.2. The van der Waals surface area contributed by atoms with Gasteiger partial charge < -0.3 is 10.6 Å². The van der Waals surface area contributed by atoms with Crippen LogP contribution in [0.15, 0.2) is 24.3 Å². The smallest absolute Gasteiger partial charge is 0.225 e. The first-order chi connectivity index (χ1) is 10.5. The van der Waals surface area contributed by atoms with E-state index in [0.29, 0.717) is 22.9 Å². The molecule has 0 amide bonds. The third-order valence-corrected chi connectivity index (χ3v) is 3.95. The van der Waals surface area contributed by atoms with Gasteiger partial charge in [-0.15, -0.1) is 0 Å². The monoisotopic (exact) mass is 316 g/mol. The quantitative estimate of drug-likeness (QED) is 0.825. The van der Waals surface area contributed by atoms with Crippen LogP contribution in [0.25, 0.3) is 0 Å². The molecule has 5 heteroatoms. The van der Waals surface area contributed by atoms with Gasteiger partial charge in [-0.3, -0.25) is 0 Å². The Kier molecular flexibility index (Phi) is 4.21. The van der Waals surface area contributed by atoms with E-state index in [1.54, 1.807) is 0 Å². The number of anilines is 3. The topological polar surface area (TPSA) is 49.8 Å². The third kappa shape index (κ3) is 3.50. The zero-order valence-corrected chi connectivity index (χ0v) is 13.9. The van der Waals surface area contributed by atoms with Crippen LogP contribution in [0.1, 0.15) is 43.9 Å². The second kappa shape index (κ2) is 6.13. The van der Waals surface area contributed by atoms with Crippen LogP contribution in [-0.4, -0.2) is 16.0 Å². The minimum Gasteiger partial charge on any atom is -0.352 e. The molecule has 1 heterocycles. The van der Waals surface area contributed by atoms with E-state index < -0.39 is 0 Å². The first-order valence-corrected chi connectivity index (χ1v) is 8.08. The molecule has 22 heavy (non-hydrogen) atoms. The van der Waals surface area contributed by atoms with Crippen molar-refractivity contribution in [3.63, 3.8) is 0 Å². The van der Waals surface area contributed by atoms with Crippen LogP contribution in [0.4, 0.5) is 17.5 Å². The van der Waals surface area contributed by atoms with E-state index in [4.69, 9.17) is 11.6 Å². The number of rotatable bonds is 5. The van der Waals surface area contributed by atoms with Crippen molar-refractivity contribution in [2.45, 2.75) is 45.6 Å². The Morgan fingerprint density at radius 1 is 1.23 bits per heavy atom. The van der Waals surface area contributed by atoms with E-state index in [1.165, 1.54) is 12.8 Å². The van der Waals surface area contributed by atoms with Gasteiger partial charge in [-0.05, 0) is 45.2 Å². The van der Waals surface area contributed by atoms with Crippen molar-refractivity contribution in [3.8, 4) is 0 Å². The number of para-hydroxylation sites is 1. The lowest BCUT2D eigenvalue weighted by molar-refractivity contribution is 0.864. The molecule has 0 spiro atoms.